The van der Waals surface area contributed by atoms with Crippen LogP contribution >= 0.6 is 0 Å². The number of carbonyl (C=O) groups is 1. The predicted octanol–water partition coefficient (Wildman–Crippen LogP) is 2.93. The van der Waals surface area contributed by atoms with Crippen LogP contribution in [0.4, 0.5) is 0 Å². The summed E-state index contributed by atoms with van der Waals surface area (Å²) in [6.07, 6.45) is 9.15. The highest BCUT2D eigenvalue weighted by atomic mass is 16.3. The van der Waals surface area contributed by atoms with Crippen LogP contribution in [0.2, 0.25) is 0 Å². The van der Waals surface area contributed by atoms with Crippen molar-refractivity contribution in [1.82, 2.24) is 10.6 Å². The molecule has 24 heavy (non-hydrogen) atoms. The number of hydrogen-bond donors (Lipinski definition) is 3. The minimum atomic E-state index is -0.565. The molecule has 0 spiro atoms. The Balaban J connectivity index is 1.65. The van der Waals surface area contributed by atoms with Crippen LogP contribution in [0.5, 0.6) is 0 Å². The summed E-state index contributed by atoms with van der Waals surface area (Å²) in [6.45, 7) is 3.46. The van der Waals surface area contributed by atoms with Crippen LogP contribution < -0.4 is 10.6 Å². The first-order valence-corrected chi connectivity index (χ1v) is 9.47. The third kappa shape index (κ3) is 6.25. The molecule has 0 aromatic heterocycles. The van der Waals surface area contributed by atoms with Gasteiger partial charge < -0.3 is 15.7 Å². The van der Waals surface area contributed by atoms with Gasteiger partial charge in [0.25, 0.3) is 0 Å². The molecule has 1 aliphatic rings. The van der Waals surface area contributed by atoms with Gasteiger partial charge in [-0.1, -0.05) is 63.3 Å². The molecule has 2 atom stereocenters. The van der Waals surface area contributed by atoms with Crippen molar-refractivity contribution in [1.29, 1.82) is 0 Å². The molecule has 4 nitrogen and oxygen atoms in total. The standard InChI is InChI=1S/C20H32N2O2/c1-2-3-4-5-6-7-8-16-9-11-17(12-10-16)15-22-20(24)19-18(23)13-14-21-19/h9-12,18-19,21,23H,2-8,13-15H2,1H3,(H,22,24)/t18-,19-/m0/s1. The number of aliphatic hydroxyl groups excluding tert-OH is 1. The first kappa shape index (κ1) is 18.9. The first-order valence-electron chi connectivity index (χ1n) is 9.47. The summed E-state index contributed by atoms with van der Waals surface area (Å²) >= 11 is 0. The van der Waals surface area contributed by atoms with Gasteiger partial charge >= 0.3 is 0 Å². The van der Waals surface area contributed by atoms with E-state index in [0.717, 1.165) is 12.0 Å². The Hall–Kier alpha value is -1.39. The molecule has 0 saturated carbocycles. The molecular weight excluding hydrogens is 300 g/mol. The number of amides is 1. The van der Waals surface area contributed by atoms with Gasteiger partial charge in [0.2, 0.25) is 5.91 Å². The highest BCUT2D eigenvalue weighted by Crippen LogP contribution is 2.12. The van der Waals surface area contributed by atoms with E-state index in [0.29, 0.717) is 19.5 Å². The third-order valence-corrected chi connectivity index (χ3v) is 4.78. The van der Waals surface area contributed by atoms with E-state index in [-0.39, 0.29) is 5.91 Å². The molecule has 1 heterocycles. The highest BCUT2D eigenvalue weighted by Gasteiger charge is 2.30. The van der Waals surface area contributed by atoms with Gasteiger partial charge in [0.1, 0.15) is 6.04 Å². The summed E-state index contributed by atoms with van der Waals surface area (Å²) in [5, 5.41) is 15.7. The summed E-state index contributed by atoms with van der Waals surface area (Å²) in [7, 11) is 0. The number of carbonyl (C=O) groups excluding carboxylic acids is 1. The SMILES string of the molecule is CCCCCCCCc1ccc(CNC(=O)[C@H]2NCC[C@@H]2O)cc1. The zero-order valence-corrected chi connectivity index (χ0v) is 14.9. The van der Waals surface area contributed by atoms with E-state index in [2.05, 4.69) is 41.8 Å². The number of rotatable bonds is 10. The second kappa shape index (κ2) is 10.5. The molecule has 4 heteroatoms. The summed E-state index contributed by atoms with van der Waals surface area (Å²) in [5.41, 5.74) is 2.47. The fourth-order valence-corrected chi connectivity index (χ4v) is 3.19. The van der Waals surface area contributed by atoms with Crippen LogP contribution in [0.25, 0.3) is 0 Å². The fraction of sp³-hybridized carbons (Fsp3) is 0.650. The minimum absolute atomic E-state index is 0.115. The van der Waals surface area contributed by atoms with Crippen LogP contribution in [-0.2, 0) is 17.8 Å². The smallest absolute Gasteiger partial charge is 0.240 e. The van der Waals surface area contributed by atoms with Gasteiger partial charge in [-0.25, -0.2) is 0 Å². The van der Waals surface area contributed by atoms with Crippen molar-refractivity contribution in [3.8, 4) is 0 Å². The molecule has 0 unspecified atom stereocenters. The maximum atomic E-state index is 12.0. The van der Waals surface area contributed by atoms with Gasteiger partial charge in [-0.15, -0.1) is 0 Å². The van der Waals surface area contributed by atoms with Crippen molar-refractivity contribution in [2.24, 2.45) is 0 Å². The zero-order valence-electron chi connectivity index (χ0n) is 14.9. The quantitative estimate of drug-likeness (QED) is 0.577. The largest absolute Gasteiger partial charge is 0.391 e. The Morgan fingerprint density at radius 3 is 2.46 bits per heavy atom. The maximum Gasteiger partial charge on any atom is 0.240 e. The van der Waals surface area contributed by atoms with Crippen molar-refractivity contribution >= 4 is 5.91 Å². The van der Waals surface area contributed by atoms with E-state index < -0.39 is 12.1 Å². The van der Waals surface area contributed by atoms with Crippen LogP contribution in [0.15, 0.2) is 24.3 Å². The molecule has 1 aromatic carbocycles. The number of hydrogen-bond acceptors (Lipinski definition) is 3. The lowest BCUT2D eigenvalue weighted by atomic mass is 10.0. The molecule has 2 rings (SSSR count). The number of aliphatic hydroxyl groups is 1. The number of aryl methyl sites for hydroxylation is 1. The van der Waals surface area contributed by atoms with Gasteiger partial charge in [-0.2, -0.15) is 0 Å². The summed E-state index contributed by atoms with van der Waals surface area (Å²) in [5.74, 6) is -0.115. The third-order valence-electron chi connectivity index (χ3n) is 4.78. The zero-order chi connectivity index (χ0) is 17.2. The molecule has 1 amide bonds. The maximum absolute atomic E-state index is 12.0. The Morgan fingerprint density at radius 2 is 1.79 bits per heavy atom. The van der Waals surface area contributed by atoms with E-state index >= 15 is 0 Å². The average Bonchev–Trinajstić information content (AvgIpc) is 3.03. The first-order chi connectivity index (χ1) is 11.7. The van der Waals surface area contributed by atoms with Crippen LogP contribution in [0, 0.1) is 0 Å². The molecule has 134 valence electrons. The monoisotopic (exact) mass is 332 g/mol. The Morgan fingerprint density at radius 1 is 1.12 bits per heavy atom. The van der Waals surface area contributed by atoms with Crippen molar-refractivity contribution in [2.75, 3.05) is 6.54 Å². The van der Waals surface area contributed by atoms with E-state index in [1.54, 1.807) is 0 Å². The van der Waals surface area contributed by atoms with E-state index in [1.165, 1.54) is 44.1 Å². The normalized spacial score (nSPS) is 20.2. The minimum Gasteiger partial charge on any atom is -0.391 e. The van der Waals surface area contributed by atoms with Gasteiger partial charge in [0.15, 0.2) is 0 Å². The molecule has 1 aliphatic heterocycles. The number of unbranched alkanes of at least 4 members (excludes halogenated alkanes) is 5. The molecule has 1 saturated heterocycles. The van der Waals surface area contributed by atoms with Crippen molar-refractivity contribution in [3.63, 3.8) is 0 Å². The number of nitrogens with one attached hydrogen (secondary N) is 2. The molecule has 1 aromatic rings. The van der Waals surface area contributed by atoms with E-state index in [4.69, 9.17) is 0 Å². The molecule has 3 N–H and O–H groups in total. The topological polar surface area (TPSA) is 61.4 Å². The van der Waals surface area contributed by atoms with E-state index in [1.807, 2.05) is 0 Å². The second-order valence-corrected chi connectivity index (χ2v) is 6.84. The predicted molar refractivity (Wildman–Crippen MR) is 97.8 cm³/mol. The molecule has 0 radical (unpaired) electrons. The Bertz CT molecular complexity index is 487. The molecule has 0 aliphatic carbocycles. The molecule has 1 fully saturated rings. The highest BCUT2D eigenvalue weighted by molar-refractivity contribution is 5.82. The Kier molecular flexibility index (Phi) is 8.26. The average molecular weight is 332 g/mol. The molecular formula is C20H32N2O2. The van der Waals surface area contributed by atoms with Gasteiger partial charge in [-0.05, 0) is 36.9 Å². The van der Waals surface area contributed by atoms with E-state index in [9.17, 15) is 9.90 Å². The van der Waals surface area contributed by atoms with Crippen molar-refractivity contribution < 1.29 is 9.90 Å². The molecule has 0 bridgehead atoms. The Labute approximate surface area is 146 Å². The van der Waals surface area contributed by atoms with Crippen molar-refractivity contribution in [2.45, 2.75) is 77.0 Å². The fourth-order valence-electron chi connectivity index (χ4n) is 3.19. The van der Waals surface area contributed by atoms with Crippen LogP contribution in [0.1, 0.15) is 63.0 Å². The summed E-state index contributed by atoms with van der Waals surface area (Å²) in [6, 6.07) is 8.04. The van der Waals surface area contributed by atoms with Gasteiger partial charge in [-0.3, -0.25) is 4.79 Å². The second-order valence-electron chi connectivity index (χ2n) is 6.84. The lowest BCUT2D eigenvalue weighted by Gasteiger charge is -2.14. The van der Waals surface area contributed by atoms with Crippen molar-refractivity contribution in [3.05, 3.63) is 35.4 Å². The van der Waals surface area contributed by atoms with Crippen LogP contribution in [0.3, 0.4) is 0 Å². The van der Waals surface area contributed by atoms with Crippen LogP contribution in [-0.4, -0.2) is 29.7 Å². The van der Waals surface area contributed by atoms with Gasteiger partial charge in [0, 0.05) is 6.54 Å². The summed E-state index contributed by atoms with van der Waals surface area (Å²) in [4.78, 5) is 12.0. The lowest BCUT2D eigenvalue weighted by molar-refractivity contribution is -0.124. The summed E-state index contributed by atoms with van der Waals surface area (Å²) < 4.78 is 0. The number of benzene rings is 1. The van der Waals surface area contributed by atoms with Gasteiger partial charge in [0.05, 0.1) is 6.10 Å². The lowest BCUT2D eigenvalue weighted by Crippen LogP contribution is -2.45.